The molecule has 1 amide bonds. The van der Waals surface area contributed by atoms with E-state index in [4.69, 9.17) is 14.9 Å². The SMILES string of the molecule is COCCCNC(=O)c1coc(CN)c1. The number of methoxy groups -OCH3 is 1. The number of rotatable bonds is 6. The smallest absolute Gasteiger partial charge is 0.254 e. The molecule has 1 aromatic heterocycles. The van der Waals surface area contributed by atoms with Crippen LogP contribution in [-0.2, 0) is 11.3 Å². The van der Waals surface area contributed by atoms with Gasteiger partial charge in [0.15, 0.2) is 0 Å². The van der Waals surface area contributed by atoms with Crippen molar-refractivity contribution in [1.29, 1.82) is 0 Å². The van der Waals surface area contributed by atoms with Gasteiger partial charge >= 0.3 is 0 Å². The summed E-state index contributed by atoms with van der Waals surface area (Å²) in [4.78, 5) is 11.5. The van der Waals surface area contributed by atoms with Gasteiger partial charge < -0.3 is 20.2 Å². The van der Waals surface area contributed by atoms with Crippen LogP contribution in [0.4, 0.5) is 0 Å². The predicted molar refractivity (Wildman–Crippen MR) is 55.4 cm³/mol. The lowest BCUT2D eigenvalue weighted by atomic mass is 10.3. The lowest BCUT2D eigenvalue weighted by Gasteiger charge is -2.01. The maximum absolute atomic E-state index is 11.5. The summed E-state index contributed by atoms with van der Waals surface area (Å²) in [6.07, 6.45) is 2.21. The molecule has 0 bridgehead atoms. The second kappa shape index (κ2) is 6.21. The largest absolute Gasteiger partial charge is 0.467 e. The molecular formula is C10H16N2O3. The summed E-state index contributed by atoms with van der Waals surface area (Å²) in [6.45, 7) is 1.53. The summed E-state index contributed by atoms with van der Waals surface area (Å²) in [5.41, 5.74) is 5.87. The summed E-state index contributed by atoms with van der Waals surface area (Å²) in [6, 6.07) is 1.64. The number of hydrogen-bond acceptors (Lipinski definition) is 4. The highest BCUT2D eigenvalue weighted by molar-refractivity contribution is 5.93. The molecule has 0 unspecified atom stereocenters. The van der Waals surface area contributed by atoms with E-state index in [0.29, 0.717) is 31.0 Å². The third kappa shape index (κ3) is 3.73. The van der Waals surface area contributed by atoms with Crippen LogP contribution in [0.1, 0.15) is 22.5 Å². The molecule has 0 aliphatic carbocycles. The molecule has 0 aliphatic rings. The zero-order valence-corrected chi connectivity index (χ0v) is 8.79. The highest BCUT2D eigenvalue weighted by Gasteiger charge is 2.08. The van der Waals surface area contributed by atoms with E-state index < -0.39 is 0 Å². The van der Waals surface area contributed by atoms with Crippen molar-refractivity contribution in [2.45, 2.75) is 13.0 Å². The van der Waals surface area contributed by atoms with Gasteiger partial charge in [0, 0.05) is 20.3 Å². The van der Waals surface area contributed by atoms with Crippen molar-refractivity contribution in [3.05, 3.63) is 23.7 Å². The Kier molecular flexibility index (Phi) is 4.86. The average Bonchev–Trinajstić information content (AvgIpc) is 2.72. The van der Waals surface area contributed by atoms with E-state index in [1.165, 1.54) is 6.26 Å². The molecule has 0 atom stereocenters. The highest BCUT2D eigenvalue weighted by atomic mass is 16.5. The maximum Gasteiger partial charge on any atom is 0.254 e. The quantitative estimate of drug-likeness (QED) is 0.673. The van der Waals surface area contributed by atoms with E-state index in [9.17, 15) is 4.79 Å². The number of amides is 1. The number of ether oxygens (including phenoxy) is 1. The van der Waals surface area contributed by atoms with Crippen molar-refractivity contribution in [2.75, 3.05) is 20.3 Å². The van der Waals surface area contributed by atoms with Crippen LogP contribution < -0.4 is 11.1 Å². The molecule has 0 fully saturated rings. The molecule has 0 radical (unpaired) electrons. The van der Waals surface area contributed by atoms with Gasteiger partial charge in [-0.3, -0.25) is 4.79 Å². The summed E-state index contributed by atoms with van der Waals surface area (Å²) >= 11 is 0. The van der Waals surface area contributed by atoms with Crippen LogP contribution in [0, 0.1) is 0 Å². The summed E-state index contributed by atoms with van der Waals surface area (Å²) in [5.74, 6) is 0.464. The average molecular weight is 212 g/mol. The number of nitrogens with one attached hydrogen (secondary N) is 1. The third-order valence-electron chi connectivity index (χ3n) is 1.93. The first kappa shape index (κ1) is 11.7. The lowest BCUT2D eigenvalue weighted by molar-refractivity contribution is 0.0948. The molecule has 84 valence electrons. The Bertz CT molecular complexity index is 309. The predicted octanol–water partition coefficient (Wildman–Crippen LogP) is 0.505. The van der Waals surface area contributed by atoms with Gasteiger partial charge in [-0.15, -0.1) is 0 Å². The molecule has 0 spiro atoms. The number of furan rings is 1. The lowest BCUT2D eigenvalue weighted by Crippen LogP contribution is -2.24. The van der Waals surface area contributed by atoms with Crippen molar-refractivity contribution in [3.8, 4) is 0 Å². The van der Waals surface area contributed by atoms with E-state index in [1.807, 2.05) is 0 Å². The van der Waals surface area contributed by atoms with Gasteiger partial charge in [0.25, 0.3) is 5.91 Å². The fourth-order valence-electron chi connectivity index (χ4n) is 1.13. The van der Waals surface area contributed by atoms with Crippen molar-refractivity contribution in [3.63, 3.8) is 0 Å². The molecule has 3 N–H and O–H groups in total. The van der Waals surface area contributed by atoms with E-state index in [1.54, 1.807) is 13.2 Å². The molecule has 0 saturated carbocycles. The van der Waals surface area contributed by atoms with Gasteiger partial charge in [-0.1, -0.05) is 0 Å². The monoisotopic (exact) mass is 212 g/mol. The molecule has 0 aliphatic heterocycles. The van der Waals surface area contributed by atoms with E-state index in [-0.39, 0.29) is 5.91 Å². The van der Waals surface area contributed by atoms with Crippen LogP contribution in [0.15, 0.2) is 16.7 Å². The fraction of sp³-hybridized carbons (Fsp3) is 0.500. The Labute approximate surface area is 88.6 Å². The summed E-state index contributed by atoms with van der Waals surface area (Å²) in [5, 5.41) is 2.75. The van der Waals surface area contributed by atoms with E-state index >= 15 is 0 Å². The molecule has 1 heterocycles. The molecule has 15 heavy (non-hydrogen) atoms. The van der Waals surface area contributed by atoms with Crippen LogP contribution in [0.3, 0.4) is 0 Å². The second-order valence-electron chi connectivity index (χ2n) is 3.11. The van der Waals surface area contributed by atoms with Gasteiger partial charge in [0.2, 0.25) is 0 Å². The van der Waals surface area contributed by atoms with E-state index in [2.05, 4.69) is 5.32 Å². The summed E-state index contributed by atoms with van der Waals surface area (Å²) in [7, 11) is 1.63. The first-order valence-corrected chi connectivity index (χ1v) is 4.82. The minimum absolute atomic E-state index is 0.144. The van der Waals surface area contributed by atoms with Crippen molar-refractivity contribution in [2.24, 2.45) is 5.73 Å². The number of hydrogen-bond donors (Lipinski definition) is 2. The molecule has 5 nitrogen and oxygen atoms in total. The highest BCUT2D eigenvalue weighted by Crippen LogP contribution is 2.06. The fourth-order valence-corrected chi connectivity index (χ4v) is 1.13. The Balaban J connectivity index is 2.33. The number of carbonyl (C=O) groups is 1. The molecule has 0 saturated heterocycles. The molecular weight excluding hydrogens is 196 g/mol. The van der Waals surface area contributed by atoms with Crippen molar-refractivity contribution >= 4 is 5.91 Å². The molecule has 1 rings (SSSR count). The van der Waals surface area contributed by atoms with Gasteiger partial charge in [-0.2, -0.15) is 0 Å². The first-order valence-electron chi connectivity index (χ1n) is 4.82. The van der Waals surface area contributed by atoms with Crippen molar-refractivity contribution in [1.82, 2.24) is 5.32 Å². The Morgan fingerprint density at radius 1 is 1.67 bits per heavy atom. The topological polar surface area (TPSA) is 77.5 Å². The first-order chi connectivity index (χ1) is 7.27. The minimum Gasteiger partial charge on any atom is -0.467 e. The van der Waals surface area contributed by atoms with Gasteiger partial charge in [-0.25, -0.2) is 0 Å². The Hall–Kier alpha value is -1.33. The van der Waals surface area contributed by atoms with Crippen LogP contribution in [0.5, 0.6) is 0 Å². The minimum atomic E-state index is -0.144. The maximum atomic E-state index is 11.5. The Morgan fingerprint density at radius 3 is 3.07 bits per heavy atom. The normalized spacial score (nSPS) is 10.3. The summed E-state index contributed by atoms with van der Waals surface area (Å²) < 4.78 is 9.92. The van der Waals surface area contributed by atoms with Crippen LogP contribution >= 0.6 is 0 Å². The standard InChI is InChI=1S/C10H16N2O3/c1-14-4-2-3-12-10(13)8-5-9(6-11)15-7-8/h5,7H,2-4,6,11H2,1H3,(H,12,13). The van der Waals surface area contributed by atoms with E-state index in [0.717, 1.165) is 6.42 Å². The molecule has 1 aromatic rings. The molecule has 0 aromatic carbocycles. The molecule has 5 heteroatoms. The van der Waals surface area contributed by atoms with Crippen molar-refractivity contribution < 1.29 is 13.9 Å². The number of nitrogens with two attached hydrogens (primary N) is 1. The van der Waals surface area contributed by atoms with Gasteiger partial charge in [0.1, 0.15) is 12.0 Å². The third-order valence-corrected chi connectivity index (χ3v) is 1.93. The van der Waals surface area contributed by atoms with Gasteiger partial charge in [-0.05, 0) is 12.5 Å². The van der Waals surface area contributed by atoms with Gasteiger partial charge in [0.05, 0.1) is 12.1 Å². The Morgan fingerprint density at radius 2 is 2.47 bits per heavy atom. The number of carbonyl (C=O) groups excluding carboxylic acids is 1. The second-order valence-corrected chi connectivity index (χ2v) is 3.11. The zero-order chi connectivity index (χ0) is 11.1. The zero-order valence-electron chi connectivity index (χ0n) is 8.79. The van der Waals surface area contributed by atoms with Crippen LogP contribution in [0.25, 0.3) is 0 Å². The van der Waals surface area contributed by atoms with Crippen LogP contribution in [0.2, 0.25) is 0 Å². The van der Waals surface area contributed by atoms with Crippen LogP contribution in [-0.4, -0.2) is 26.2 Å².